The van der Waals surface area contributed by atoms with E-state index in [4.69, 9.17) is 0 Å². The Kier molecular flexibility index (Phi) is 2.76. The molecule has 0 aromatic carbocycles. The molecule has 1 aliphatic rings. The van der Waals surface area contributed by atoms with E-state index in [-0.39, 0.29) is 0 Å². The van der Waals surface area contributed by atoms with Crippen LogP contribution in [0.1, 0.15) is 19.8 Å². The van der Waals surface area contributed by atoms with Crippen molar-refractivity contribution in [1.29, 1.82) is 0 Å². The molecule has 0 amide bonds. The Morgan fingerprint density at radius 1 is 1.60 bits per heavy atom. The lowest BCUT2D eigenvalue weighted by atomic mass is 10.2. The molecular weight excluding hydrogens is 159 g/mol. The molecule has 0 radical (unpaired) electrons. The van der Waals surface area contributed by atoms with Gasteiger partial charge in [-0.3, -0.25) is 4.18 Å². The molecule has 3 atom stereocenters. The average molecular weight is 168 g/mol. The highest BCUT2D eigenvalue weighted by Crippen LogP contribution is 2.21. The van der Waals surface area contributed by atoms with Gasteiger partial charge in [0.15, 0.2) is 0 Å². The first-order chi connectivity index (χ1) is 4.74. The van der Waals surface area contributed by atoms with Crippen molar-refractivity contribution in [3.63, 3.8) is 0 Å². The number of halogens is 1. The van der Waals surface area contributed by atoms with Crippen molar-refractivity contribution in [2.75, 3.05) is 0 Å². The van der Waals surface area contributed by atoms with Crippen LogP contribution in [-0.2, 0) is 19.7 Å². The Hall–Kier alpha value is -0.0000000000000000278. The molecule has 0 aromatic rings. The minimum atomic E-state index is -1.86. The van der Waals surface area contributed by atoms with E-state index >= 15 is 0 Å². The second-order valence-electron chi connectivity index (χ2n) is 2.07. The van der Waals surface area contributed by atoms with Crippen molar-refractivity contribution in [1.82, 2.24) is 0 Å². The molecule has 60 valence electrons. The summed E-state index contributed by atoms with van der Waals surface area (Å²) < 4.78 is 31.6. The number of alkyl halides is 1. The normalized spacial score (nSPS) is 40.4. The van der Waals surface area contributed by atoms with Crippen LogP contribution in [0.25, 0.3) is 0 Å². The first kappa shape index (κ1) is 8.10. The molecule has 1 saturated heterocycles. The largest absolute Gasteiger partial charge is 0.308 e. The third kappa shape index (κ3) is 1.74. The zero-order valence-electron chi connectivity index (χ0n) is 5.58. The van der Waals surface area contributed by atoms with Crippen LogP contribution in [0.3, 0.4) is 0 Å². The van der Waals surface area contributed by atoms with Gasteiger partial charge >= 0.3 is 11.4 Å². The molecule has 1 fully saturated rings. The van der Waals surface area contributed by atoms with E-state index in [0.29, 0.717) is 6.42 Å². The van der Waals surface area contributed by atoms with Crippen molar-refractivity contribution >= 4 is 11.4 Å². The van der Waals surface area contributed by atoms with Crippen LogP contribution in [0.5, 0.6) is 0 Å². The van der Waals surface area contributed by atoms with Gasteiger partial charge in [-0.2, -0.15) is 4.21 Å². The molecule has 0 aliphatic carbocycles. The van der Waals surface area contributed by atoms with Crippen molar-refractivity contribution in [3.05, 3.63) is 0 Å². The Morgan fingerprint density at radius 2 is 2.30 bits per heavy atom. The molecule has 0 bridgehead atoms. The summed E-state index contributed by atoms with van der Waals surface area (Å²) in [6.45, 7) is 1.90. The van der Waals surface area contributed by atoms with Gasteiger partial charge in [0.05, 0.1) is 0 Å². The maximum atomic E-state index is 12.5. The van der Waals surface area contributed by atoms with Crippen LogP contribution >= 0.6 is 0 Å². The van der Waals surface area contributed by atoms with Gasteiger partial charge < -0.3 is 0 Å². The molecule has 0 spiro atoms. The highest BCUT2D eigenvalue weighted by molar-refractivity contribution is 7.75. The van der Waals surface area contributed by atoms with Gasteiger partial charge in [0.2, 0.25) is 6.36 Å². The van der Waals surface area contributed by atoms with E-state index in [1.165, 1.54) is 0 Å². The molecule has 3 nitrogen and oxygen atoms in total. The molecule has 0 aromatic heterocycles. The number of hydrogen-bond donors (Lipinski definition) is 0. The lowest BCUT2D eigenvalue weighted by molar-refractivity contribution is 0.0350. The lowest BCUT2D eigenvalue weighted by Crippen LogP contribution is -2.16. The summed E-state index contributed by atoms with van der Waals surface area (Å²) >= 11 is -1.86. The molecule has 1 rings (SSSR count). The Bertz CT molecular complexity index is 141. The van der Waals surface area contributed by atoms with Crippen LogP contribution in [0.4, 0.5) is 4.39 Å². The number of rotatable bonds is 2. The van der Waals surface area contributed by atoms with E-state index in [0.717, 1.165) is 6.42 Å². The standard InChI is InChI=1S/C5H9FO3S/c1-2-3-4-5(6)9-10(7)8-4/h4-5H,2-3H2,1H3. The van der Waals surface area contributed by atoms with Gasteiger partial charge in [0, 0.05) is 0 Å². The van der Waals surface area contributed by atoms with Crippen LogP contribution in [0.2, 0.25) is 0 Å². The maximum absolute atomic E-state index is 12.5. The first-order valence-electron chi connectivity index (χ1n) is 3.14. The molecule has 1 aliphatic heterocycles. The van der Waals surface area contributed by atoms with Crippen molar-refractivity contribution < 1.29 is 17.0 Å². The van der Waals surface area contributed by atoms with E-state index in [1.54, 1.807) is 0 Å². The van der Waals surface area contributed by atoms with Gasteiger partial charge in [-0.25, -0.2) is 8.57 Å². The maximum Gasteiger partial charge on any atom is 0.308 e. The van der Waals surface area contributed by atoms with E-state index < -0.39 is 23.8 Å². The highest BCUT2D eigenvalue weighted by atomic mass is 32.2. The summed E-state index contributed by atoms with van der Waals surface area (Å²) in [5.74, 6) is 0. The Labute approximate surface area is 61.4 Å². The summed E-state index contributed by atoms with van der Waals surface area (Å²) in [4.78, 5) is 0. The van der Waals surface area contributed by atoms with Crippen LogP contribution in [-0.4, -0.2) is 16.7 Å². The minimum absolute atomic E-state index is 0.549. The van der Waals surface area contributed by atoms with E-state index in [9.17, 15) is 8.60 Å². The summed E-state index contributed by atoms with van der Waals surface area (Å²) in [5.41, 5.74) is 0. The van der Waals surface area contributed by atoms with Gasteiger partial charge in [-0.1, -0.05) is 13.3 Å². The highest BCUT2D eigenvalue weighted by Gasteiger charge is 2.34. The molecule has 0 saturated carbocycles. The fraction of sp³-hybridized carbons (Fsp3) is 1.00. The molecular formula is C5H9FO3S. The lowest BCUT2D eigenvalue weighted by Gasteiger charge is -2.04. The first-order valence-corrected chi connectivity index (χ1v) is 4.14. The Morgan fingerprint density at radius 3 is 2.70 bits per heavy atom. The third-order valence-electron chi connectivity index (χ3n) is 1.24. The second-order valence-corrected chi connectivity index (χ2v) is 2.87. The molecule has 5 heteroatoms. The molecule has 0 N–H and O–H groups in total. The van der Waals surface area contributed by atoms with Crippen LogP contribution in [0, 0.1) is 0 Å². The zero-order valence-corrected chi connectivity index (χ0v) is 6.40. The Balaban J connectivity index is 2.38. The summed E-state index contributed by atoms with van der Waals surface area (Å²) in [6.07, 6.45) is -0.801. The second kappa shape index (κ2) is 3.41. The molecule has 10 heavy (non-hydrogen) atoms. The molecule has 3 unspecified atom stereocenters. The number of hydrogen-bond acceptors (Lipinski definition) is 3. The van der Waals surface area contributed by atoms with Crippen molar-refractivity contribution in [2.24, 2.45) is 0 Å². The smallest absolute Gasteiger partial charge is 0.259 e. The zero-order chi connectivity index (χ0) is 7.56. The monoisotopic (exact) mass is 168 g/mol. The quantitative estimate of drug-likeness (QED) is 0.618. The minimum Gasteiger partial charge on any atom is -0.259 e. The third-order valence-corrected chi connectivity index (χ3v) is 1.98. The summed E-state index contributed by atoms with van der Waals surface area (Å²) in [6, 6.07) is 0. The molecule has 1 heterocycles. The van der Waals surface area contributed by atoms with Crippen molar-refractivity contribution in [2.45, 2.75) is 32.2 Å². The van der Waals surface area contributed by atoms with Gasteiger partial charge in [0.1, 0.15) is 6.10 Å². The van der Waals surface area contributed by atoms with Gasteiger partial charge in [-0.05, 0) is 6.42 Å². The van der Waals surface area contributed by atoms with Crippen LogP contribution in [0.15, 0.2) is 0 Å². The predicted octanol–water partition coefficient (Wildman–Crippen LogP) is 1.08. The van der Waals surface area contributed by atoms with E-state index in [1.807, 2.05) is 6.92 Å². The fourth-order valence-electron chi connectivity index (χ4n) is 0.768. The summed E-state index contributed by atoms with van der Waals surface area (Å²) in [7, 11) is 0. The predicted molar refractivity (Wildman–Crippen MR) is 33.9 cm³/mol. The average Bonchev–Trinajstić information content (AvgIpc) is 2.13. The topological polar surface area (TPSA) is 35.5 Å². The van der Waals surface area contributed by atoms with Gasteiger partial charge in [0.25, 0.3) is 0 Å². The fourth-order valence-corrected chi connectivity index (χ4v) is 1.47. The van der Waals surface area contributed by atoms with E-state index in [2.05, 4.69) is 8.37 Å². The van der Waals surface area contributed by atoms with Crippen LogP contribution < -0.4 is 0 Å². The summed E-state index contributed by atoms with van der Waals surface area (Å²) in [5, 5.41) is 0. The SMILES string of the molecule is CCCC1OS(=O)OC1F. The van der Waals surface area contributed by atoms with Crippen molar-refractivity contribution in [3.8, 4) is 0 Å². The van der Waals surface area contributed by atoms with Gasteiger partial charge in [-0.15, -0.1) is 0 Å².